The topological polar surface area (TPSA) is 6.25 Å². The van der Waals surface area contributed by atoms with Crippen LogP contribution < -0.4 is 4.90 Å². The lowest BCUT2D eigenvalue weighted by atomic mass is 9.69. The third kappa shape index (κ3) is 4.25. The van der Waals surface area contributed by atoms with Crippen molar-refractivity contribution in [3.8, 4) is 0 Å². The van der Waals surface area contributed by atoms with Crippen LogP contribution in [0.4, 0.5) is 11.4 Å². The fourth-order valence-electron chi connectivity index (χ4n) is 6.89. The zero-order chi connectivity index (χ0) is 27.0. The first-order valence-corrected chi connectivity index (χ1v) is 13.9. The molecule has 0 unspecified atom stereocenters. The van der Waals surface area contributed by atoms with E-state index in [4.69, 9.17) is 0 Å². The van der Waals surface area contributed by atoms with Crippen molar-refractivity contribution in [3.63, 3.8) is 0 Å². The van der Waals surface area contributed by atoms with E-state index in [1.54, 1.807) is 0 Å². The van der Waals surface area contributed by atoms with Crippen molar-refractivity contribution in [3.05, 3.63) is 155 Å². The van der Waals surface area contributed by atoms with Crippen molar-refractivity contribution in [2.75, 3.05) is 19.0 Å². The number of benzene rings is 4. The van der Waals surface area contributed by atoms with Crippen molar-refractivity contribution in [1.29, 1.82) is 0 Å². The highest BCUT2D eigenvalue weighted by Gasteiger charge is 2.50. The van der Waals surface area contributed by atoms with Gasteiger partial charge in [0.1, 0.15) is 7.05 Å². The molecule has 0 aliphatic carbocycles. The van der Waals surface area contributed by atoms with Crippen LogP contribution in [0.3, 0.4) is 0 Å². The lowest BCUT2D eigenvalue weighted by Crippen LogP contribution is -2.38. The molecule has 0 spiro atoms. The number of hydrogen-bond acceptors (Lipinski definition) is 1. The average molecular weight is 510 g/mol. The minimum absolute atomic E-state index is 0.0456. The summed E-state index contributed by atoms with van der Waals surface area (Å²) in [5.74, 6) is 0. The van der Waals surface area contributed by atoms with Gasteiger partial charge in [0.15, 0.2) is 5.71 Å². The molecule has 0 saturated carbocycles. The fourth-order valence-corrected chi connectivity index (χ4v) is 6.89. The molecular weight excluding hydrogens is 472 g/mol. The molecule has 0 aromatic heterocycles. The van der Waals surface area contributed by atoms with E-state index < -0.39 is 0 Å². The first-order valence-electron chi connectivity index (χ1n) is 13.9. The molecular formula is C37H37N2+. The van der Waals surface area contributed by atoms with Gasteiger partial charge in [0.2, 0.25) is 5.69 Å². The van der Waals surface area contributed by atoms with E-state index in [1.165, 1.54) is 45.0 Å². The van der Waals surface area contributed by atoms with Crippen LogP contribution >= 0.6 is 0 Å². The Bertz CT molecular complexity index is 1550. The van der Waals surface area contributed by atoms with Gasteiger partial charge in [0, 0.05) is 41.6 Å². The zero-order valence-electron chi connectivity index (χ0n) is 23.4. The number of allylic oxidation sites excluding steroid dienone is 4. The van der Waals surface area contributed by atoms with Crippen molar-refractivity contribution >= 4 is 17.1 Å². The Morgan fingerprint density at radius 3 is 1.85 bits per heavy atom. The summed E-state index contributed by atoms with van der Waals surface area (Å²) in [5.41, 5.74) is 10.5. The quantitative estimate of drug-likeness (QED) is 0.239. The van der Waals surface area contributed by atoms with Crippen LogP contribution in [0.5, 0.6) is 0 Å². The summed E-state index contributed by atoms with van der Waals surface area (Å²) in [4.78, 5) is 2.35. The number of hydrogen-bond donors (Lipinski definition) is 0. The molecule has 0 fully saturated rings. The molecule has 0 atom stereocenters. The first kappa shape index (κ1) is 25.1. The van der Waals surface area contributed by atoms with Crippen LogP contribution in [0.2, 0.25) is 0 Å². The third-order valence-corrected chi connectivity index (χ3v) is 8.78. The van der Waals surface area contributed by atoms with Crippen LogP contribution in [0.1, 0.15) is 36.1 Å². The molecule has 2 nitrogen and oxygen atoms in total. The van der Waals surface area contributed by atoms with E-state index in [9.17, 15) is 0 Å². The second-order valence-corrected chi connectivity index (χ2v) is 11.5. The molecule has 39 heavy (non-hydrogen) atoms. The van der Waals surface area contributed by atoms with Gasteiger partial charge < -0.3 is 4.90 Å². The van der Waals surface area contributed by atoms with Gasteiger partial charge in [0.25, 0.3) is 0 Å². The van der Waals surface area contributed by atoms with Crippen molar-refractivity contribution in [2.45, 2.75) is 37.5 Å². The molecule has 6 rings (SSSR count). The Hall–Kier alpha value is -4.17. The minimum atomic E-state index is -0.177. The predicted octanol–water partition coefficient (Wildman–Crippen LogP) is 8.01. The highest BCUT2D eigenvalue weighted by atomic mass is 15.2. The van der Waals surface area contributed by atoms with E-state index in [2.05, 4.69) is 165 Å². The molecule has 0 saturated heterocycles. The maximum Gasteiger partial charge on any atom is 0.209 e. The summed E-state index contributed by atoms with van der Waals surface area (Å²) in [6.45, 7) is 4.66. The normalized spacial score (nSPS) is 18.2. The van der Waals surface area contributed by atoms with Gasteiger partial charge in [-0.3, -0.25) is 0 Å². The maximum absolute atomic E-state index is 2.41. The molecule has 2 aliphatic heterocycles. The van der Waals surface area contributed by atoms with E-state index in [0.29, 0.717) is 0 Å². The van der Waals surface area contributed by atoms with Crippen molar-refractivity contribution in [2.24, 2.45) is 0 Å². The number of anilines is 1. The Morgan fingerprint density at radius 2 is 1.23 bits per heavy atom. The van der Waals surface area contributed by atoms with E-state index in [0.717, 1.165) is 12.8 Å². The van der Waals surface area contributed by atoms with E-state index in [1.807, 2.05) is 0 Å². The van der Waals surface area contributed by atoms with Gasteiger partial charge in [-0.2, -0.15) is 4.58 Å². The van der Waals surface area contributed by atoms with Crippen LogP contribution in [-0.2, 0) is 23.7 Å². The van der Waals surface area contributed by atoms with E-state index in [-0.39, 0.29) is 10.8 Å². The smallest absolute Gasteiger partial charge is 0.209 e. The first-order chi connectivity index (χ1) is 18.9. The molecule has 4 aromatic carbocycles. The van der Waals surface area contributed by atoms with Gasteiger partial charge in [-0.1, -0.05) is 117 Å². The number of likely N-dealkylation sites (N-methyl/N-ethyl adjacent to an activating group) is 1. The minimum Gasteiger partial charge on any atom is -0.347 e. The Balaban J connectivity index is 1.47. The molecule has 0 N–H and O–H groups in total. The van der Waals surface area contributed by atoms with E-state index >= 15 is 0 Å². The molecule has 194 valence electrons. The van der Waals surface area contributed by atoms with Crippen molar-refractivity contribution in [1.82, 2.24) is 0 Å². The molecule has 4 aromatic rings. The van der Waals surface area contributed by atoms with Crippen LogP contribution in [0.25, 0.3) is 0 Å². The summed E-state index contributed by atoms with van der Waals surface area (Å²) < 4.78 is 2.41. The average Bonchev–Trinajstić information content (AvgIpc) is 3.30. The monoisotopic (exact) mass is 509 g/mol. The van der Waals surface area contributed by atoms with Gasteiger partial charge in [-0.05, 0) is 41.7 Å². The summed E-state index contributed by atoms with van der Waals surface area (Å²) in [6, 6.07) is 39.6. The molecule has 0 bridgehead atoms. The van der Waals surface area contributed by atoms with Crippen LogP contribution in [-0.4, -0.2) is 24.4 Å². The van der Waals surface area contributed by atoms with Crippen LogP contribution in [0.15, 0.2) is 133 Å². The van der Waals surface area contributed by atoms with Gasteiger partial charge in [-0.25, -0.2) is 0 Å². The predicted molar refractivity (Wildman–Crippen MR) is 164 cm³/mol. The highest BCUT2D eigenvalue weighted by molar-refractivity contribution is 6.04. The summed E-state index contributed by atoms with van der Waals surface area (Å²) in [5, 5.41) is 0. The van der Waals surface area contributed by atoms with Gasteiger partial charge >= 0.3 is 0 Å². The lowest BCUT2D eigenvalue weighted by Gasteiger charge is -2.28. The lowest BCUT2D eigenvalue weighted by molar-refractivity contribution is -0.401. The summed E-state index contributed by atoms with van der Waals surface area (Å²) >= 11 is 0. The summed E-state index contributed by atoms with van der Waals surface area (Å²) in [6.07, 6.45) is 8.85. The molecule has 0 radical (unpaired) electrons. The Labute approximate surface area is 233 Å². The molecule has 2 heterocycles. The van der Waals surface area contributed by atoms with Crippen molar-refractivity contribution < 1.29 is 4.58 Å². The maximum atomic E-state index is 2.41. The van der Waals surface area contributed by atoms with Gasteiger partial charge in [-0.15, -0.1) is 0 Å². The highest BCUT2D eigenvalue weighted by Crippen LogP contribution is 2.47. The van der Waals surface area contributed by atoms with Crippen LogP contribution in [0, 0.1) is 0 Å². The number of fused-ring (bicyclic) bond motifs is 2. The van der Waals surface area contributed by atoms with Gasteiger partial charge in [0.05, 0.1) is 5.41 Å². The second-order valence-electron chi connectivity index (χ2n) is 11.5. The number of nitrogens with zero attached hydrogens (tertiary/aromatic N) is 2. The largest absolute Gasteiger partial charge is 0.347 e. The number of rotatable bonds is 6. The molecule has 2 heteroatoms. The standard InChI is InChI=1S/C37H37N2/c1-36(2)30-20-11-13-22-32(30)38(3)34(36)24-15-25-35-37(26-28-16-7-5-8-17-28,27-29-18-9-6-10-19-29)31-21-12-14-23-33(31)39(35)4/h5-25H,26-27H2,1-4H3/q+1. The number of para-hydroxylation sites is 2. The second kappa shape index (κ2) is 9.85. The fraction of sp³-hybridized carbons (Fsp3) is 0.216. The SMILES string of the molecule is CN1/C(=C/C=C/C2=[N+](C)c3ccccc3C2(Cc2ccccc2)Cc2ccccc2)C(C)(C)c2ccccc21. The third-order valence-electron chi connectivity index (χ3n) is 8.78. The molecule has 2 aliphatic rings. The molecule has 0 amide bonds. The summed E-state index contributed by atoms with van der Waals surface area (Å²) in [7, 11) is 4.41. The Kier molecular flexibility index (Phi) is 6.35. The Morgan fingerprint density at radius 1 is 0.692 bits per heavy atom. The zero-order valence-corrected chi connectivity index (χ0v) is 23.4.